The third kappa shape index (κ3) is 5.18. The van der Waals surface area contributed by atoms with Crippen molar-refractivity contribution in [2.45, 2.75) is 20.0 Å². The van der Waals surface area contributed by atoms with Crippen LogP contribution in [0.2, 0.25) is 5.02 Å². The lowest BCUT2D eigenvalue weighted by Crippen LogP contribution is -2.22. The minimum Gasteiger partial charge on any atom is -0.490 e. The normalized spacial score (nSPS) is 14.5. The molecule has 3 amide bonds. The van der Waals surface area contributed by atoms with Crippen molar-refractivity contribution < 1.29 is 19.1 Å². The van der Waals surface area contributed by atoms with Crippen LogP contribution in [-0.2, 0) is 17.8 Å². The Kier molecular flexibility index (Phi) is 6.57. The molecule has 2 aromatic carbocycles. The van der Waals surface area contributed by atoms with Crippen LogP contribution >= 0.6 is 11.6 Å². The molecule has 1 heterocycles. The number of benzene rings is 2. The van der Waals surface area contributed by atoms with Gasteiger partial charge in [0, 0.05) is 10.6 Å². The Morgan fingerprint density at radius 2 is 1.86 bits per heavy atom. The maximum Gasteiger partial charge on any atom is 0.326 e. The highest BCUT2D eigenvalue weighted by Gasteiger charge is 2.23. The van der Waals surface area contributed by atoms with Crippen LogP contribution in [0, 0.1) is 0 Å². The Labute approximate surface area is 174 Å². The second kappa shape index (κ2) is 9.30. The van der Waals surface area contributed by atoms with Crippen molar-refractivity contribution in [2.75, 3.05) is 6.61 Å². The Bertz CT molecular complexity index is 968. The number of halogens is 1. The van der Waals surface area contributed by atoms with E-state index in [1.807, 2.05) is 37.3 Å². The van der Waals surface area contributed by atoms with Crippen LogP contribution in [0.4, 0.5) is 4.79 Å². The molecule has 0 radical (unpaired) electrons. The van der Waals surface area contributed by atoms with E-state index in [1.165, 1.54) is 0 Å². The number of carbonyl (C=O) groups excluding carboxylic acids is 2. The maximum atomic E-state index is 11.8. The highest BCUT2D eigenvalue weighted by atomic mass is 35.5. The quantitative estimate of drug-likeness (QED) is 0.386. The van der Waals surface area contributed by atoms with Crippen LogP contribution in [-0.4, -0.2) is 18.5 Å². The number of rotatable bonds is 8. The topological polar surface area (TPSA) is 76.7 Å². The van der Waals surface area contributed by atoms with Crippen molar-refractivity contribution in [1.82, 2.24) is 10.6 Å². The number of allylic oxidation sites excluding steroid dienone is 1. The van der Waals surface area contributed by atoms with Gasteiger partial charge in [-0.15, -0.1) is 6.58 Å². The Morgan fingerprint density at radius 3 is 2.48 bits per heavy atom. The summed E-state index contributed by atoms with van der Waals surface area (Å²) in [5, 5.41) is 5.32. The van der Waals surface area contributed by atoms with Gasteiger partial charge in [0.15, 0.2) is 11.5 Å². The number of urea groups is 1. The Balaban J connectivity index is 1.94. The number of carbonyl (C=O) groups is 2. The monoisotopic (exact) mass is 412 g/mol. The third-order valence-electron chi connectivity index (χ3n) is 4.15. The van der Waals surface area contributed by atoms with Gasteiger partial charge in [-0.25, -0.2) is 4.79 Å². The smallest absolute Gasteiger partial charge is 0.326 e. The molecule has 150 valence electrons. The minimum absolute atomic E-state index is 0.178. The number of ether oxygens (including phenoxy) is 2. The summed E-state index contributed by atoms with van der Waals surface area (Å²) in [6.07, 6.45) is 3.91. The summed E-state index contributed by atoms with van der Waals surface area (Å²) in [5.41, 5.74) is 2.71. The fraction of sp³-hybridized carbons (Fsp3) is 0.182. The average molecular weight is 413 g/mol. The molecule has 0 bridgehead atoms. The summed E-state index contributed by atoms with van der Waals surface area (Å²) in [7, 11) is 0. The van der Waals surface area contributed by atoms with E-state index in [9.17, 15) is 9.59 Å². The summed E-state index contributed by atoms with van der Waals surface area (Å²) in [5.74, 6) is 0.697. The predicted molar refractivity (Wildman–Crippen MR) is 112 cm³/mol. The van der Waals surface area contributed by atoms with E-state index in [0.29, 0.717) is 41.7 Å². The summed E-state index contributed by atoms with van der Waals surface area (Å²) in [6.45, 7) is 6.48. The molecule has 6 nitrogen and oxygen atoms in total. The van der Waals surface area contributed by atoms with Crippen molar-refractivity contribution >= 4 is 29.6 Å². The molecular weight excluding hydrogens is 392 g/mol. The first-order valence-electron chi connectivity index (χ1n) is 9.12. The Hall–Kier alpha value is -3.25. The first-order chi connectivity index (χ1) is 14.0. The highest BCUT2D eigenvalue weighted by Crippen LogP contribution is 2.35. The van der Waals surface area contributed by atoms with Gasteiger partial charge in [0.05, 0.1) is 6.61 Å². The van der Waals surface area contributed by atoms with Crippen molar-refractivity contribution in [3.8, 4) is 11.5 Å². The van der Waals surface area contributed by atoms with Crippen LogP contribution in [0.15, 0.2) is 54.8 Å². The molecule has 1 saturated heterocycles. The zero-order valence-electron chi connectivity index (χ0n) is 16.0. The lowest BCUT2D eigenvalue weighted by Gasteiger charge is -2.17. The Morgan fingerprint density at radius 1 is 1.10 bits per heavy atom. The molecule has 2 N–H and O–H groups in total. The van der Waals surface area contributed by atoms with E-state index < -0.39 is 11.9 Å². The second-order valence-corrected chi connectivity index (χ2v) is 6.75. The predicted octanol–water partition coefficient (Wildman–Crippen LogP) is 4.23. The van der Waals surface area contributed by atoms with E-state index in [2.05, 4.69) is 17.2 Å². The van der Waals surface area contributed by atoms with Crippen LogP contribution in [0.25, 0.3) is 6.08 Å². The molecule has 1 aliphatic heterocycles. The number of hydrogen-bond donors (Lipinski definition) is 2. The van der Waals surface area contributed by atoms with E-state index in [-0.39, 0.29) is 5.70 Å². The summed E-state index contributed by atoms with van der Waals surface area (Å²) < 4.78 is 11.9. The third-order valence-corrected chi connectivity index (χ3v) is 4.40. The fourth-order valence-corrected chi connectivity index (χ4v) is 3.01. The van der Waals surface area contributed by atoms with Crippen molar-refractivity contribution in [3.05, 3.63) is 76.5 Å². The van der Waals surface area contributed by atoms with Gasteiger partial charge >= 0.3 is 6.03 Å². The second-order valence-electron chi connectivity index (χ2n) is 6.31. The number of imide groups is 1. The van der Waals surface area contributed by atoms with Gasteiger partial charge in [-0.05, 0) is 54.8 Å². The molecule has 0 unspecified atom stereocenters. The van der Waals surface area contributed by atoms with Gasteiger partial charge in [0.25, 0.3) is 5.91 Å². The van der Waals surface area contributed by atoms with Crippen molar-refractivity contribution in [1.29, 1.82) is 0 Å². The maximum absolute atomic E-state index is 11.8. The molecule has 1 fully saturated rings. The lowest BCUT2D eigenvalue weighted by atomic mass is 10.0. The molecule has 0 spiro atoms. The van der Waals surface area contributed by atoms with Crippen molar-refractivity contribution in [3.63, 3.8) is 0 Å². The van der Waals surface area contributed by atoms with E-state index >= 15 is 0 Å². The largest absolute Gasteiger partial charge is 0.490 e. The van der Waals surface area contributed by atoms with Gasteiger partial charge in [-0.2, -0.15) is 0 Å². The van der Waals surface area contributed by atoms with Crippen LogP contribution in [0.5, 0.6) is 11.5 Å². The molecule has 0 saturated carbocycles. The van der Waals surface area contributed by atoms with Gasteiger partial charge < -0.3 is 14.8 Å². The number of hydrogen-bond acceptors (Lipinski definition) is 4. The van der Waals surface area contributed by atoms with E-state index in [0.717, 1.165) is 11.1 Å². The van der Waals surface area contributed by atoms with Crippen LogP contribution in [0.3, 0.4) is 0 Å². The van der Waals surface area contributed by atoms with Gasteiger partial charge in [0.2, 0.25) is 0 Å². The summed E-state index contributed by atoms with van der Waals surface area (Å²) >= 11 is 5.94. The molecule has 29 heavy (non-hydrogen) atoms. The minimum atomic E-state index is -0.541. The fourth-order valence-electron chi connectivity index (χ4n) is 2.89. The van der Waals surface area contributed by atoms with Gasteiger partial charge in [-0.1, -0.05) is 29.8 Å². The molecule has 1 aliphatic rings. The molecule has 0 atom stereocenters. The SMILES string of the molecule is C=CCc1cc(C=C2NC(=O)NC2=O)cc(OCC)c1OCc1ccc(Cl)cc1. The molecular formula is C22H21ClN2O4. The molecule has 0 aliphatic carbocycles. The van der Waals surface area contributed by atoms with E-state index in [4.69, 9.17) is 21.1 Å². The lowest BCUT2D eigenvalue weighted by molar-refractivity contribution is -0.115. The zero-order chi connectivity index (χ0) is 20.8. The molecule has 2 aromatic rings. The zero-order valence-corrected chi connectivity index (χ0v) is 16.7. The summed E-state index contributed by atoms with van der Waals surface area (Å²) in [4.78, 5) is 23.2. The summed E-state index contributed by atoms with van der Waals surface area (Å²) in [6, 6.07) is 10.5. The average Bonchev–Trinajstić information content (AvgIpc) is 3.00. The van der Waals surface area contributed by atoms with E-state index in [1.54, 1.807) is 18.2 Å². The molecule has 3 rings (SSSR count). The molecule has 0 aromatic heterocycles. The first kappa shape index (κ1) is 20.5. The molecule has 7 heteroatoms. The van der Waals surface area contributed by atoms with Gasteiger partial charge in [0.1, 0.15) is 12.3 Å². The standard InChI is InChI=1S/C22H21ClN2O4/c1-3-5-16-10-15(11-18-21(26)25-22(27)24-18)12-19(28-4-2)20(16)29-13-14-6-8-17(23)9-7-14/h3,6-12H,1,4-5,13H2,2H3,(H2,24,25,26,27). The van der Waals surface area contributed by atoms with Crippen molar-refractivity contribution in [2.24, 2.45) is 0 Å². The first-order valence-corrected chi connectivity index (χ1v) is 9.49. The van der Waals surface area contributed by atoms with Gasteiger partial charge in [-0.3, -0.25) is 10.1 Å². The van der Waals surface area contributed by atoms with Crippen LogP contribution in [0.1, 0.15) is 23.6 Å². The number of nitrogens with one attached hydrogen (secondary N) is 2. The highest BCUT2D eigenvalue weighted by molar-refractivity contribution is 6.30. The van der Waals surface area contributed by atoms with Crippen LogP contribution < -0.4 is 20.1 Å². The number of amides is 3.